The number of Topliss-reactive ketones (excluding diaryl/α,β-unsaturated/α-hetero) is 1. The van der Waals surface area contributed by atoms with Gasteiger partial charge in [0.1, 0.15) is 12.5 Å². The van der Waals surface area contributed by atoms with E-state index in [0.717, 1.165) is 0 Å². The lowest BCUT2D eigenvalue weighted by atomic mass is 9.69. The predicted octanol–water partition coefficient (Wildman–Crippen LogP) is 2.20. The van der Waals surface area contributed by atoms with E-state index in [1.54, 1.807) is 19.1 Å². The summed E-state index contributed by atoms with van der Waals surface area (Å²) in [5.41, 5.74) is 2.18. The number of dihydropyridines is 1. The summed E-state index contributed by atoms with van der Waals surface area (Å²) in [6.07, 6.45) is 0.419. The van der Waals surface area contributed by atoms with E-state index in [2.05, 4.69) is 5.32 Å². The lowest BCUT2D eigenvalue weighted by molar-refractivity contribution is -0.151. The molecule has 0 fully saturated rings. The molecule has 0 spiro atoms. The number of ether oxygens (including phenoxy) is 4. The highest BCUT2D eigenvalue weighted by molar-refractivity contribution is 6.12. The van der Waals surface area contributed by atoms with Gasteiger partial charge in [-0.2, -0.15) is 0 Å². The Morgan fingerprint density at radius 3 is 2.52 bits per heavy atom. The summed E-state index contributed by atoms with van der Waals surface area (Å²) < 4.78 is 20.3. The van der Waals surface area contributed by atoms with Crippen LogP contribution >= 0.6 is 0 Å². The number of nitrogens with one attached hydrogen (secondary N) is 1. The minimum absolute atomic E-state index is 0.0361. The number of esters is 2. The molecule has 178 valence electrons. The molecule has 1 aromatic carbocycles. The normalized spacial score (nSPS) is 22.5. The third-order valence-electron chi connectivity index (χ3n) is 6.02. The first-order valence-electron chi connectivity index (χ1n) is 10.6. The van der Waals surface area contributed by atoms with Crippen LogP contribution in [0, 0.1) is 11.8 Å². The van der Waals surface area contributed by atoms with Gasteiger partial charge in [-0.25, -0.2) is 4.79 Å². The minimum Gasteiger partial charge on any atom is -0.504 e. The molecule has 9 nitrogen and oxygen atoms in total. The number of hydrogen-bond acceptors (Lipinski definition) is 9. The third-order valence-corrected chi connectivity index (χ3v) is 6.02. The van der Waals surface area contributed by atoms with Crippen molar-refractivity contribution in [3.05, 3.63) is 46.3 Å². The van der Waals surface area contributed by atoms with Crippen molar-refractivity contribution in [1.29, 1.82) is 0 Å². The van der Waals surface area contributed by atoms with E-state index in [9.17, 15) is 19.5 Å². The Balaban J connectivity index is 2.15. The average Bonchev–Trinajstić information content (AvgIpc) is 2.77. The van der Waals surface area contributed by atoms with Gasteiger partial charge in [-0.05, 0) is 37.0 Å². The van der Waals surface area contributed by atoms with Gasteiger partial charge in [0.15, 0.2) is 17.3 Å². The molecule has 0 amide bonds. The molecular formula is C24H29NO8. The number of allylic oxidation sites excluding steroid dienone is 3. The number of carbonyl (C=O) groups excluding carboxylic acids is 3. The molecule has 1 aliphatic heterocycles. The van der Waals surface area contributed by atoms with Crippen LogP contribution in [0.4, 0.5) is 0 Å². The number of ketones is 1. The van der Waals surface area contributed by atoms with E-state index >= 15 is 0 Å². The highest BCUT2D eigenvalue weighted by atomic mass is 16.6. The van der Waals surface area contributed by atoms with Crippen LogP contribution in [0.15, 0.2) is 40.7 Å². The molecule has 2 aliphatic rings. The van der Waals surface area contributed by atoms with E-state index in [-0.39, 0.29) is 41.8 Å². The molecule has 0 aromatic heterocycles. The maximum atomic E-state index is 13.6. The van der Waals surface area contributed by atoms with Crippen LogP contribution in [0.5, 0.6) is 11.5 Å². The fourth-order valence-corrected chi connectivity index (χ4v) is 4.47. The van der Waals surface area contributed by atoms with Crippen molar-refractivity contribution in [1.82, 2.24) is 5.32 Å². The average molecular weight is 459 g/mol. The molecule has 1 aromatic rings. The molecule has 0 unspecified atom stereocenters. The molecule has 3 atom stereocenters. The zero-order valence-electron chi connectivity index (χ0n) is 19.4. The summed E-state index contributed by atoms with van der Waals surface area (Å²) in [5, 5.41) is 13.6. The molecule has 1 heterocycles. The molecule has 33 heavy (non-hydrogen) atoms. The van der Waals surface area contributed by atoms with Crippen LogP contribution in [-0.2, 0) is 28.6 Å². The van der Waals surface area contributed by atoms with E-state index in [0.29, 0.717) is 23.4 Å². The van der Waals surface area contributed by atoms with Crippen molar-refractivity contribution in [2.45, 2.75) is 26.2 Å². The number of rotatable bonds is 7. The molecule has 1 aliphatic carbocycles. The van der Waals surface area contributed by atoms with Crippen LogP contribution in [0.2, 0.25) is 0 Å². The Morgan fingerprint density at radius 1 is 1.18 bits per heavy atom. The number of phenolic OH excluding ortho intramolecular Hbond substituents is 1. The van der Waals surface area contributed by atoms with Gasteiger partial charge in [0.25, 0.3) is 0 Å². The van der Waals surface area contributed by atoms with E-state index in [1.165, 1.54) is 27.4 Å². The maximum absolute atomic E-state index is 13.6. The lowest BCUT2D eigenvalue weighted by Crippen LogP contribution is -2.43. The van der Waals surface area contributed by atoms with Gasteiger partial charge >= 0.3 is 11.9 Å². The fraction of sp³-hybridized carbons (Fsp3) is 0.458. The number of benzene rings is 1. The van der Waals surface area contributed by atoms with Crippen LogP contribution in [0.25, 0.3) is 0 Å². The number of aromatic hydroxyl groups is 1. The van der Waals surface area contributed by atoms with Gasteiger partial charge in [0.05, 0.1) is 26.4 Å². The lowest BCUT2D eigenvalue weighted by Gasteiger charge is -2.38. The standard InChI is InChI=1S/C24H29NO8/c1-12-10-15-21(22(27)18(12)23(28)32-5)20(14-6-7-17(31-4)16(26)11-14)19(13(2)25-15)24(29)33-9-8-30-3/h6-7,11-12,18,20,25-26H,8-10H2,1-5H3/t12-,18+,20+/m0/s1. The Kier molecular flexibility index (Phi) is 7.43. The molecule has 3 rings (SSSR count). The van der Waals surface area contributed by atoms with Gasteiger partial charge in [-0.3, -0.25) is 9.59 Å². The minimum atomic E-state index is -0.992. The SMILES string of the molecule is COCCOC(=O)C1=C(C)NC2=C(C(=O)[C@H](C(=O)OC)[C@@H](C)C2)[C@@H]1c1ccc(OC)c(O)c1. The van der Waals surface area contributed by atoms with Crippen LogP contribution < -0.4 is 10.1 Å². The summed E-state index contributed by atoms with van der Waals surface area (Å²) in [5.74, 6) is -3.67. The highest BCUT2D eigenvalue weighted by Crippen LogP contribution is 2.46. The van der Waals surface area contributed by atoms with Crippen molar-refractivity contribution >= 4 is 17.7 Å². The Bertz CT molecular complexity index is 1030. The van der Waals surface area contributed by atoms with Gasteiger partial charge < -0.3 is 29.4 Å². The van der Waals surface area contributed by atoms with Gasteiger partial charge in [0.2, 0.25) is 0 Å². The molecule has 0 radical (unpaired) electrons. The van der Waals surface area contributed by atoms with Gasteiger partial charge in [-0.15, -0.1) is 0 Å². The molecule has 0 saturated carbocycles. The monoisotopic (exact) mass is 459 g/mol. The van der Waals surface area contributed by atoms with Gasteiger partial charge in [-0.1, -0.05) is 13.0 Å². The second-order valence-corrected chi connectivity index (χ2v) is 8.10. The second-order valence-electron chi connectivity index (χ2n) is 8.10. The van der Waals surface area contributed by atoms with E-state index in [4.69, 9.17) is 18.9 Å². The third kappa shape index (κ3) is 4.59. The summed E-state index contributed by atoms with van der Waals surface area (Å²) in [4.78, 5) is 39.2. The molecular weight excluding hydrogens is 430 g/mol. The summed E-state index contributed by atoms with van der Waals surface area (Å²) >= 11 is 0. The van der Waals surface area contributed by atoms with Crippen molar-refractivity contribution in [2.75, 3.05) is 34.5 Å². The van der Waals surface area contributed by atoms with E-state index < -0.39 is 29.6 Å². The zero-order valence-corrected chi connectivity index (χ0v) is 19.4. The molecule has 0 saturated heterocycles. The smallest absolute Gasteiger partial charge is 0.336 e. The summed E-state index contributed by atoms with van der Waals surface area (Å²) in [6, 6.07) is 4.69. The van der Waals surface area contributed by atoms with Gasteiger partial charge in [0, 0.05) is 30.0 Å². The molecule has 0 bridgehead atoms. The largest absolute Gasteiger partial charge is 0.504 e. The quantitative estimate of drug-likeness (QED) is 0.359. The number of phenols is 1. The second kappa shape index (κ2) is 10.1. The Morgan fingerprint density at radius 2 is 1.91 bits per heavy atom. The van der Waals surface area contributed by atoms with Crippen molar-refractivity contribution in [2.24, 2.45) is 11.8 Å². The first-order chi connectivity index (χ1) is 15.7. The Labute approximate surface area is 192 Å². The van der Waals surface area contributed by atoms with Crippen molar-refractivity contribution in [3.63, 3.8) is 0 Å². The Hall–Kier alpha value is -3.33. The molecule has 2 N–H and O–H groups in total. The zero-order chi connectivity index (χ0) is 24.3. The number of carbonyl (C=O) groups is 3. The fourth-order valence-electron chi connectivity index (χ4n) is 4.47. The first kappa shape index (κ1) is 24.3. The topological polar surface area (TPSA) is 120 Å². The molecule has 9 heteroatoms. The predicted molar refractivity (Wildman–Crippen MR) is 117 cm³/mol. The number of methoxy groups -OCH3 is 3. The van der Waals surface area contributed by atoms with Crippen LogP contribution in [0.1, 0.15) is 31.7 Å². The van der Waals surface area contributed by atoms with Crippen molar-refractivity contribution < 1.29 is 38.4 Å². The summed E-state index contributed by atoms with van der Waals surface area (Å²) in [7, 11) is 4.16. The van der Waals surface area contributed by atoms with Crippen molar-refractivity contribution in [3.8, 4) is 11.5 Å². The van der Waals surface area contributed by atoms with Crippen LogP contribution in [0.3, 0.4) is 0 Å². The maximum Gasteiger partial charge on any atom is 0.336 e. The highest BCUT2D eigenvalue weighted by Gasteiger charge is 2.47. The van der Waals surface area contributed by atoms with Crippen LogP contribution in [-0.4, -0.2) is 57.4 Å². The number of hydrogen-bond donors (Lipinski definition) is 2. The van der Waals surface area contributed by atoms with E-state index in [1.807, 2.05) is 6.92 Å². The summed E-state index contributed by atoms with van der Waals surface area (Å²) in [6.45, 7) is 3.80. The first-order valence-corrected chi connectivity index (χ1v) is 10.6.